The molecule has 2 aromatic rings. The number of anilines is 2. The summed E-state index contributed by atoms with van der Waals surface area (Å²) in [6.07, 6.45) is 3.12. The highest BCUT2D eigenvalue weighted by Crippen LogP contribution is 2.21. The molecule has 0 saturated carbocycles. The van der Waals surface area contributed by atoms with Crippen LogP contribution in [0.3, 0.4) is 0 Å². The van der Waals surface area contributed by atoms with Crippen LogP contribution in [0.2, 0.25) is 0 Å². The van der Waals surface area contributed by atoms with E-state index in [4.69, 9.17) is 5.73 Å². The molecule has 2 amide bonds. The molecule has 0 spiro atoms. The van der Waals surface area contributed by atoms with Gasteiger partial charge in [-0.2, -0.15) is 0 Å². The molecule has 1 aromatic carbocycles. The molecule has 3 N–H and O–H groups in total. The van der Waals surface area contributed by atoms with Crippen LogP contribution in [0.5, 0.6) is 0 Å². The first-order chi connectivity index (χ1) is 12.0. The lowest BCUT2D eigenvalue weighted by Gasteiger charge is -2.32. The van der Waals surface area contributed by atoms with Crippen LogP contribution in [0.1, 0.15) is 28.8 Å². The second kappa shape index (κ2) is 8.67. The Bertz CT molecular complexity index is 762. The molecule has 1 aliphatic heterocycles. The van der Waals surface area contributed by atoms with Gasteiger partial charge in [0.05, 0.1) is 17.8 Å². The zero-order chi connectivity index (χ0) is 17.8. The molecule has 26 heavy (non-hydrogen) atoms. The summed E-state index contributed by atoms with van der Waals surface area (Å²) in [5.74, 6) is 0.0749. The molecule has 1 aromatic heterocycles. The van der Waals surface area contributed by atoms with E-state index in [1.807, 2.05) is 31.2 Å². The number of nitrogens with one attached hydrogen (secondary N) is 1. The predicted octanol–water partition coefficient (Wildman–Crippen LogP) is 2.88. The Morgan fingerprint density at radius 1 is 1.19 bits per heavy atom. The summed E-state index contributed by atoms with van der Waals surface area (Å²) in [5, 5.41) is 2.85. The van der Waals surface area contributed by atoms with E-state index >= 15 is 0 Å². The maximum absolute atomic E-state index is 12.6. The van der Waals surface area contributed by atoms with Crippen LogP contribution >= 0.6 is 12.4 Å². The molecule has 0 aliphatic carbocycles. The lowest BCUT2D eigenvalue weighted by atomic mass is 9.96. The molecule has 1 fully saturated rings. The number of likely N-dealkylation sites (tertiary alicyclic amines) is 1. The number of halogens is 1. The fourth-order valence-corrected chi connectivity index (χ4v) is 2.98. The first-order valence-electron chi connectivity index (χ1n) is 8.41. The van der Waals surface area contributed by atoms with Crippen LogP contribution in [-0.2, 0) is 4.79 Å². The van der Waals surface area contributed by atoms with E-state index in [1.54, 1.807) is 17.0 Å². The number of hydrogen-bond acceptors (Lipinski definition) is 4. The number of carbonyl (C=O) groups is 2. The van der Waals surface area contributed by atoms with Crippen molar-refractivity contribution < 1.29 is 9.59 Å². The highest BCUT2D eigenvalue weighted by Gasteiger charge is 2.29. The number of amides is 2. The van der Waals surface area contributed by atoms with Crippen molar-refractivity contribution in [2.24, 2.45) is 5.92 Å². The second-order valence-electron chi connectivity index (χ2n) is 6.42. The third-order valence-electron chi connectivity index (χ3n) is 4.43. The number of nitrogen functional groups attached to an aromatic ring is 1. The summed E-state index contributed by atoms with van der Waals surface area (Å²) in [6.45, 7) is 3.10. The van der Waals surface area contributed by atoms with Gasteiger partial charge in [-0.05, 0) is 44.0 Å². The van der Waals surface area contributed by atoms with Crippen LogP contribution in [0, 0.1) is 12.8 Å². The minimum Gasteiger partial charge on any atom is -0.384 e. The van der Waals surface area contributed by atoms with Crippen LogP contribution < -0.4 is 11.1 Å². The number of aryl methyl sites for hydroxylation is 1. The molecule has 1 saturated heterocycles. The smallest absolute Gasteiger partial charge is 0.253 e. The van der Waals surface area contributed by atoms with Gasteiger partial charge in [0.25, 0.3) is 5.91 Å². The fraction of sp³-hybridized carbons (Fsp3) is 0.316. The van der Waals surface area contributed by atoms with Gasteiger partial charge in [-0.1, -0.05) is 17.7 Å². The third-order valence-corrected chi connectivity index (χ3v) is 4.43. The van der Waals surface area contributed by atoms with Gasteiger partial charge in [0.2, 0.25) is 5.91 Å². The highest BCUT2D eigenvalue weighted by molar-refractivity contribution is 5.96. The Balaban J connectivity index is 0.00000243. The van der Waals surface area contributed by atoms with E-state index in [9.17, 15) is 9.59 Å². The van der Waals surface area contributed by atoms with Gasteiger partial charge >= 0.3 is 0 Å². The van der Waals surface area contributed by atoms with Crippen LogP contribution in [-0.4, -0.2) is 34.8 Å². The number of rotatable bonds is 3. The first-order valence-corrected chi connectivity index (χ1v) is 8.41. The number of aromatic nitrogens is 1. The number of piperidine rings is 1. The quantitative estimate of drug-likeness (QED) is 0.864. The molecule has 2 heterocycles. The molecule has 1 unspecified atom stereocenters. The summed E-state index contributed by atoms with van der Waals surface area (Å²) in [7, 11) is 0. The summed E-state index contributed by atoms with van der Waals surface area (Å²) in [4.78, 5) is 30.9. The number of nitrogens with zero attached hydrogens (tertiary/aromatic N) is 2. The first kappa shape index (κ1) is 19.7. The molecule has 1 atom stereocenters. The van der Waals surface area contributed by atoms with Crippen LogP contribution in [0.4, 0.5) is 11.5 Å². The van der Waals surface area contributed by atoms with Gasteiger partial charge in [-0.15, -0.1) is 12.4 Å². The molecule has 138 valence electrons. The van der Waals surface area contributed by atoms with E-state index in [-0.39, 0.29) is 30.1 Å². The monoisotopic (exact) mass is 374 g/mol. The largest absolute Gasteiger partial charge is 0.384 e. The molecule has 0 bridgehead atoms. The molecule has 6 nitrogen and oxygen atoms in total. The van der Waals surface area contributed by atoms with Crippen LogP contribution in [0.25, 0.3) is 0 Å². The lowest BCUT2D eigenvalue weighted by Crippen LogP contribution is -2.43. The molecule has 3 rings (SSSR count). The predicted molar refractivity (Wildman–Crippen MR) is 104 cm³/mol. The Morgan fingerprint density at radius 2 is 1.92 bits per heavy atom. The Hall–Kier alpha value is -2.60. The van der Waals surface area contributed by atoms with Gasteiger partial charge in [0.15, 0.2) is 0 Å². The number of hydrogen-bond donors (Lipinski definition) is 2. The van der Waals surface area contributed by atoms with E-state index in [1.165, 1.54) is 6.20 Å². The number of carbonyl (C=O) groups excluding carboxylic acids is 2. The minimum atomic E-state index is -0.222. The Morgan fingerprint density at radius 3 is 2.58 bits per heavy atom. The lowest BCUT2D eigenvalue weighted by molar-refractivity contribution is -0.121. The van der Waals surface area contributed by atoms with E-state index in [2.05, 4.69) is 10.3 Å². The number of nitrogens with two attached hydrogens (primary N) is 1. The van der Waals surface area contributed by atoms with Gasteiger partial charge in [0, 0.05) is 18.7 Å². The maximum atomic E-state index is 12.6. The van der Waals surface area contributed by atoms with Crippen molar-refractivity contribution in [1.29, 1.82) is 0 Å². The second-order valence-corrected chi connectivity index (χ2v) is 6.42. The van der Waals surface area contributed by atoms with Crippen molar-refractivity contribution in [3.63, 3.8) is 0 Å². The van der Waals surface area contributed by atoms with Gasteiger partial charge in [-0.25, -0.2) is 4.98 Å². The SMILES string of the molecule is Cc1ccc(C(=O)N2CCCC(C(=O)Nc3ccc(N)nc3)C2)cc1.Cl. The average molecular weight is 375 g/mol. The average Bonchev–Trinajstić information content (AvgIpc) is 2.64. The normalized spacial score (nSPS) is 16.5. The summed E-state index contributed by atoms with van der Waals surface area (Å²) in [6, 6.07) is 10.9. The van der Waals surface area contributed by atoms with Crippen molar-refractivity contribution >= 4 is 35.7 Å². The van der Waals surface area contributed by atoms with Gasteiger partial charge in [0.1, 0.15) is 5.82 Å². The standard InChI is InChI=1S/C19H22N4O2.ClH/c1-13-4-6-14(7-5-13)19(25)23-10-2-3-15(12-23)18(24)22-16-8-9-17(20)21-11-16;/h4-9,11,15H,2-3,10,12H2,1H3,(H2,20,21)(H,22,24);1H. The molecular weight excluding hydrogens is 352 g/mol. The van der Waals surface area contributed by atoms with Crippen molar-refractivity contribution in [2.45, 2.75) is 19.8 Å². The summed E-state index contributed by atoms with van der Waals surface area (Å²) >= 11 is 0. The summed E-state index contributed by atoms with van der Waals surface area (Å²) in [5.41, 5.74) is 7.94. The zero-order valence-electron chi connectivity index (χ0n) is 14.6. The van der Waals surface area contributed by atoms with Crippen molar-refractivity contribution in [3.8, 4) is 0 Å². The molecule has 0 radical (unpaired) electrons. The van der Waals surface area contributed by atoms with Crippen molar-refractivity contribution in [2.75, 3.05) is 24.1 Å². The molecule has 7 heteroatoms. The third kappa shape index (κ3) is 4.73. The van der Waals surface area contributed by atoms with Gasteiger partial charge < -0.3 is 16.0 Å². The molecular formula is C19H23ClN4O2. The highest BCUT2D eigenvalue weighted by atomic mass is 35.5. The fourth-order valence-electron chi connectivity index (χ4n) is 2.98. The van der Waals surface area contributed by atoms with Crippen molar-refractivity contribution in [1.82, 2.24) is 9.88 Å². The maximum Gasteiger partial charge on any atom is 0.253 e. The Kier molecular flexibility index (Phi) is 6.58. The van der Waals surface area contributed by atoms with E-state index in [0.717, 1.165) is 18.4 Å². The molecule has 1 aliphatic rings. The number of pyridine rings is 1. The zero-order valence-corrected chi connectivity index (χ0v) is 15.5. The van der Waals surface area contributed by atoms with Gasteiger partial charge in [-0.3, -0.25) is 9.59 Å². The van der Waals surface area contributed by atoms with Crippen molar-refractivity contribution in [3.05, 3.63) is 53.7 Å². The van der Waals surface area contributed by atoms with Crippen LogP contribution in [0.15, 0.2) is 42.6 Å². The number of benzene rings is 1. The van der Waals surface area contributed by atoms with E-state index < -0.39 is 0 Å². The minimum absolute atomic E-state index is 0. The Labute approximate surface area is 159 Å². The summed E-state index contributed by atoms with van der Waals surface area (Å²) < 4.78 is 0. The topological polar surface area (TPSA) is 88.3 Å². The van der Waals surface area contributed by atoms with E-state index in [0.29, 0.717) is 30.2 Å².